The molecule has 2 unspecified atom stereocenters. The van der Waals surface area contributed by atoms with Crippen molar-refractivity contribution in [2.24, 2.45) is 0 Å². The Hall–Kier alpha value is -1.05. The van der Waals surface area contributed by atoms with Gasteiger partial charge in [-0.1, -0.05) is 13.8 Å². The van der Waals surface area contributed by atoms with Gasteiger partial charge in [-0.3, -0.25) is 10.3 Å². The van der Waals surface area contributed by atoms with E-state index >= 15 is 0 Å². The molecule has 1 heterocycles. The standard InChI is InChI=1S/C14H21N3S/c1-4-7-17-14(3,11-15)10-12(2)18-13-5-8-16-9-6-13/h5-6,8-9,12,17H,4,7,10H2,1-3H3. The van der Waals surface area contributed by atoms with E-state index in [2.05, 4.69) is 30.2 Å². The van der Waals surface area contributed by atoms with Crippen molar-refractivity contribution in [2.45, 2.75) is 49.3 Å². The van der Waals surface area contributed by atoms with Gasteiger partial charge in [-0.05, 0) is 38.4 Å². The Kier molecular flexibility index (Phi) is 6.17. The highest BCUT2D eigenvalue weighted by atomic mass is 32.2. The van der Waals surface area contributed by atoms with Crippen LogP contribution in [0.25, 0.3) is 0 Å². The maximum absolute atomic E-state index is 9.30. The third kappa shape index (κ3) is 5.07. The van der Waals surface area contributed by atoms with E-state index < -0.39 is 5.54 Å². The van der Waals surface area contributed by atoms with Gasteiger partial charge in [0.15, 0.2) is 0 Å². The average molecular weight is 263 g/mol. The van der Waals surface area contributed by atoms with Crippen LogP contribution in [-0.2, 0) is 0 Å². The first-order valence-corrected chi connectivity index (χ1v) is 7.20. The summed E-state index contributed by atoms with van der Waals surface area (Å²) in [5.41, 5.74) is -0.435. The largest absolute Gasteiger partial charge is 0.300 e. The van der Waals surface area contributed by atoms with Crippen molar-refractivity contribution in [2.75, 3.05) is 6.54 Å². The van der Waals surface area contributed by atoms with Gasteiger partial charge in [-0.2, -0.15) is 5.26 Å². The van der Waals surface area contributed by atoms with E-state index in [1.165, 1.54) is 4.90 Å². The Morgan fingerprint density at radius 1 is 1.50 bits per heavy atom. The predicted molar refractivity (Wildman–Crippen MR) is 76.5 cm³/mol. The Labute approximate surface area is 114 Å². The molecule has 18 heavy (non-hydrogen) atoms. The minimum absolute atomic E-state index is 0.390. The van der Waals surface area contributed by atoms with Crippen LogP contribution < -0.4 is 5.32 Å². The monoisotopic (exact) mass is 263 g/mol. The number of hydrogen-bond donors (Lipinski definition) is 1. The molecule has 0 fully saturated rings. The molecule has 98 valence electrons. The van der Waals surface area contributed by atoms with Crippen molar-refractivity contribution in [3.05, 3.63) is 24.5 Å². The lowest BCUT2D eigenvalue weighted by Gasteiger charge is -2.26. The number of hydrogen-bond acceptors (Lipinski definition) is 4. The first-order chi connectivity index (χ1) is 8.59. The number of nitrogens with zero attached hydrogens (tertiary/aromatic N) is 2. The number of nitrogens with one attached hydrogen (secondary N) is 1. The molecular weight excluding hydrogens is 242 g/mol. The Morgan fingerprint density at radius 2 is 2.17 bits per heavy atom. The second-order valence-corrected chi connectivity index (χ2v) is 6.20. The summed E-state index contributed by atoms with van der Waals surface area (Å²) in [6.45, 7) is 7.14. The van der Waals surface area contributed by atoms with Gasteiger partial charge in [-0.15, -0.1) is 11.8 Å². The van der Waals surface area contributed by atoms with Gasteiger partial charge in [-0.25, -0.2) is 0 Å². The van der Waals surface area contributed by atoms with Gasteiger partial charge >= 0.3 is 0 Å². The Bertz CT molecular complexity index is 388. The average Bonchev–Trinajstić information content (AvgIpc) is 2.37. The van der Waals surface area contributed by atoms with E-state index in [0.29, 0.717) is 5.25 Å². The first kappa shape index (κ1) is 15.0. The van der Waals surface area contributed by atoms with E-state index in [0.717, 1.165) is 19.4 Å². The van der Waals surface area contributed by atoms with Crippen molar-refractivity contribution < 1.29 is 0 Å². The molecule has 2 atom stereocenters. The van der Waals surface area contributed by atoms with Crippen LogP contribution in [0.1, 0.15) is 33.6 Å². The third-order valence-electron chi connectivity index (χ3n) is 2.69. The lowest BCUT2D eigenvalue weighted by atomic mass is 9.98. The van der Waals surface area contributed by atoms with Crippen molar-refractivity contribution in [3.63, 3.8) is 0 Å². The van der Waals surface area contributed by atoms with E-state index in [9.17, 15) is 5.26 Å². The number of thioether (sulfide) groups is 1. The topological polar surface area (TPSA) is 48.7 Å². The fraction of sp³-hybridized carbons (Fsp3) is 0.571. The maximum Gasteiger partial charge on any atom is 0.104 e. The molecular formula is C14H21N3S. The summed E-state index contributed by atoms with van der Waals surface area (Å²) in [7, 11) is 0. The summed E-state index contributed by atoms with van der Waals surface area (Å²) >= 11 is 1.79. The number of pyridine rings is 1. The molecule has 0 aliphatic rings. The van der Waals surface area contributed by atoms with Gasteiger partial charge in [0, 0.05) is 22.5 Å². The normalized spacial score (nSPS) is 15.7. The number of aromatic nitrogens is 1. The molecule has 0 bridgehead atoms. The van der Waals surface area contributed by atoms with E-state index in [1.54, 1.807) is 24.2 Å². The van der Waals surface area contributed by atoms with Crippen molar-refractivity contribution in [1.82, 2.24) is 10.3 Å². The van der Waals surface area contributed by atoms with Crippen molar-refractivity contribution >= 4 is 11.8 Å². The quantitative estimate of drug-likeness (QED) is 0.767. The lowest BCUT2D eigenvalue weighted by molar-refractivity contribution is 0.418. The molecule has 0 amide bonds. The van der Waals surface area contributed by atoms with Gasteiger partial charge in [0.05, 0.1) is 6.07 Å². The Morgan fingerprint density at radius 3 is 2.72 bits per heavy atom. The SMILES string of the molecule is CCCNC(C)(C#N)CC(C)Sc1ccncc1. The molecule has 3 nitrogen and oxygen atoms in total. The first-order valence-electron chi connectivity index (χ1n) is 6.32. The molecule has 1 rings (SSSR count). The van der Waals surface area contributed by atoms with Crippen LogP contribution in [0, 0.1) is 11.3 Å². The van der Waals surface area contributed by atoms with Crippen molar-refractivity contribution in [1.29, 1.82) is 5.26 Å². The fourth-order valence-corrected chi connectivity index (χ4v) is 2.98. The minimum atomic E-state index is -0.435. The van der Waals surface area contributed by atoms with Crippen LogP contribution >= 0.6 is 11.8 Å². The lowest BCUT2D eigenvalue weighted by Crippen LogP contribution is -2.43. The minimum Gasteiger partial charge on any atom is -0.300 e. The number of nitriles is 1. The van der Waals surface area contributed by atoms with Gasteiger partial charge in [0.2, 0.25) is 0 Å². The van der Waals surface area contributed by atoms with Gasteiger partial charge in [0.1, 0.15) is 5.54 Å². The van der Waals surface area contributed by atoms with Gasteiger partial charge in [0.25, 0.3) is 0 Å². The third-order valence-corrected chi connectivity index (χ3v) is 3.81. The van der Waals surface area contributed by atoms with Crippen LogP contribution in [0.3, 0.4) is 0 Å². The molecule has 1 aromatic heterocycles. The molecule has 0 saturated carbocycles. The van der Waals surface area contributed by atoms with Crippen molar-refractivity contribution in [3.8, 4) is 6.07 Å². The van der Waals surface area contributed by atoms with Crippen LogP contribution in [0.5, 0.6) is 0 Å². The molecule has 0 saturated heterocycles. The molecule has 0 aromatic carbocycles. The summed E-state index contributed by atoms with van der Waals surface area (Å²) in [6, 6.07) is 6.40. The molecule has 0 spiro atoms. The summed E-state index contributed by atoms with van der Waals surface area (Å²) < 4.78 is 0. The fourth-order valence-electron chi connectivity index (χ4n) is 1.82. The predicted octanol–water partition coefficient (Wildman–Crippen LogP) is 3.23. The summed E-state index contributed by atoms with van der Waals surface area (Å²) in [5, 5.41) is 13.0. The summed E-state index contributed by atoms with van der Waals surface area (Å²) in [6.07, 6.45) is 5.47. The maximum atomic E-state index is 9.30. The van der Waals surface area contributed by atoms with Gasteiger partial charge < -0.3 is 0 Å². The zero-order valence-electron chi connectivity index (χ0n) is 11.3. The van der Waals surface area contributed by atoms with E-state index in [4.69, 9.17) is 0 Å². The highest BCUT2D eigenvalue weighted by molar-refractivity contribution is 7.99. The summed E-state index contributed by atoms with van der Waals surface area (Å²) in [4.78, 5) is 5.21. The van der Waals surface area contributed by atoms with Crippen LogP contribution in [-0.4, -0.2) is 22.3 Å². The molecule has 0 aliphatic carbocycles. The smallest absolute Gasteiger partial charge is 0.104 e. The number of rotatable bonds is 7. The highest BCUT2D eigenvalue weighted by Gasteiger charge is 2.25. The molecule has 4 heteroatoms. The second kappa shape index (κ2) is 7.40. The van der Waals surface area contributed by atoms with E-state index in [1.807, 2.05) is 19.1 Å². The van der Waals surface area contributed by atoms with E-state index in [-0.39, 0.29) is 0 Å². The second-order valence-electron chi connectivity index (χ2n) is 4.69. The molecule has 1 aromatic rings. The zero-order valence-corrected chi connectivity index (χ0v) is 12.1. The molecule has 0 radical (unpaired) electrons. The van der Waals surface area contributed by atoms with Crippen LogP contribution in [0.15, 0.2) is 29.4 Å². The molecule has 0 aliphatic heterocycles. The van der Waals surface area contributed by atoms with Crippen LogP contribution in [0.4, 0.5) is 0 Å². The Balaban J connectivity index is 2.52. The highest BCUT2D eigenvalue weighted by Crippen LogP contribution is 2.28. The molecule has 1 N–H and O–H groups in total. The summed E-state index contributed by atoms with van der Waals surface area (Å²) in [5.74, 6) is 0. The van der Waals surface area contributed by atoms with Crippen LogP contribution in [0.2, 0.25) is 0 Å². The zero-order chi connectivity index (χ0) is 13.4.